The maximum atomic E-state index is 11.3. The topological polar surface area (TPSA) is 87.4 Å². The van der Waals surface area contributed by atoms with E-state index in [0.717, 1.165) is 42.4 Å². The fraction of sp³-hybridized carbons (Fsp3) is 0.250. The second-order valence-corrected chi connectivity index (χ2v) is 7.84. The Bertz CT molecular complexity index is 980. The van der Waals surface area contributed by atoms with Gasteiger partial charge in [0.2, 0.25) is 5.95 Å². The fourth-order valence-corrected chi connectivity index (χ4v) is 3.97. The number of thiophene rings is 1. The number of likely N-dealkylation sites (N-methyl/N-ethyl adjacent to an activating group) is 1. The molecule has 0 aliphatic carbocycles. The number of rotatable bonds is 5. The molecule has 1 amide bonds. The third-order valence-corrected chi connectivity index (χ3v) is 5.85. The van der Waals surface area contributed by atoms with Gasteiger partial charge in [-0.25, -0.2) is 9.97 Å². The Morgan fingerprint density at radius 2 is 1.96 bits per heavy atom. The number of nitrogens with one attached hydrogen (secondary N) is 1. The SMILES string of the molecule is CN1CCN(c2cccc(Nc3nccc(-c4ccc(C(N)=O)s4)n3)c2)CC1. The van der Waals surface area contributed by atoms with Crippen LogP contribution in [0.2, 0.25) is 0 Å². The highest BCUT2D eigenvalue weighted by Gasteiger charge is 2.15. The maximum Gasteiger partial charge on any atom is 0.258 e. The Hall–Kier alpha value is -2.97. The molecule has 1 fully saturated rings. The molecule has 0 unspecified atom stereocenters. The summed E-state index contributed by atoms with van der Waals surface area (Å²) in [5.74, 6) is 0.0893. The Morgan fingerprint density at radius 1 is 1.14 bits per heavy atom. The molecule has 1 aliphatic rings. The van der Waals surface area contributed by atoms with Crippen molar-refractivity contribution in [3.8, 4) is 10.6 Å². The third kappa shape index (κ3) is 4.13. The number of carbonyl (C=O) groups is 1. The molecule has 1 aromatic carbocycles. The van der Waals surface area contributed by atoms with E-state index in [0.29, 0.717) is 10.8 Å². The normalized spacial score (nSPS) is 14.8. The fourth-order valence-electron chi connectivity index (χ4n) is 3.14. The molecule has 0 spiro atoms. The van der Waals surface area contributed by atoms with Crippen molar-refractivity contribution in [2.24, 2.45) is 5.73 Å². The van der Waals surface area contributed by atoms with Gasteiger partial charge >= 0.3 is 0 Å². The van der Waals surface area contributed by atoms with Crippen molar-refractivity contribution in [2.45, 2.75) is 0 Å². The van der Waals surface area contributed by atoms with E-state index in [1.54, 1.807) is 12.3 Å². The molecule has 8 heteroatoms. The van der Waals surface area contributed by atoms with Crippen molar-refractivity contribution in [3.63, 3.8) is 0 Å². The van der Waals surface area contributed by atoms with Crippen LogP contribution < -0.4 is 16.0 Å². The summed E-state index contributed by atoms with van der Waals surface area (Å²) in [6, 6.07) is 13.7. The minimum Gasteiger partial charge on any atom is -0.369 e. The maximum absolute atomic E-state index is 11.3. The molecule has 0 radical (unpaired) electrons. The van der Waals surface area contributed by atoms with Gasteiger partial charge in [-0.05, 0) is 43.4 Å². The molecule has 0 saturated carbocycles. The molecule has 1 aliphatic heterocycles. The van der Waals surface area contributed by atoms with Gasteiger partial charge in [-0.1, -0.05) is 6.07 Å². The Labute approximate surface area is 167 Å². The molecule has 3 aromatic rings. The molecule has 144 valence electrons. The van der Waals surface area contributed by atoms with Gasteiger partial charge in [-0.2, -0.15) is 0 Å². The van der Waals surface area contributed by atoms with E-state index in [1.165, 1.54) is 17.0 Å². The number of nitrogens with zero attached hydrogens (tertiary/aromatic N) is 4. The first-order valence-corrected chi connectivity index (χ1v) is 9.94. The van der Waals surface area contributed by atoms with Crippen LogP contribution in [0.25, 0.3) is 10.6 Å². The number of hydrogen-bond acceptors (Lipinski definition) is 7. The Balaban J connectivity index is 1.51. The second-order valence-electron chi connectivity index (χ2n) is 6.76. The minimum atomic E-state index is -0.427. The van der Waals surface area contributed by atoms with E-state index < -0.39 is 5.91 Å². The quantitative estimate of drug-likeness (QED) is 0.692. The van der Waals surface area contributed by atoms with Crippen LogP contribution in [-0.4, -0.2) is 54.0 Å². The molecule has 1 saturated heterocycles. The van der Waals surface area contributed by atoms with E-state index in [9.17, 15) is 4.79 Å². The van der Waals surface area contributed by atoms with Gasteiger partial charge in [0.25, 0.3) is 5.91 Å². The second kappa shape index (κ2) is 7.95. The standard InChI is InChI=1S/C20H22N6OS/c1-25-9-11-26(12-10-25)15-4-2-3-14(13-15)23-20-22-8-7-16(24-20)17-5-6-18(28-17)19(21)27/h2-8,13H,9-12H2,1H3,(H2,21,27)(H,22,23,24). The number of piperazine rings is 1. The molecular formula is C20H22N6OS. The summed E-state index contributed by atoms with van der Waals surface area (Å²) in [5.41, 5.74) is 8.23. The molecule has 2 aromatic heterocycles. The van der Waals surface area contributed by atoms with Crippen molar-refractivity contribution in [1.82, 2.24) is 14.9 Å². The van der Waals surface area contributed by atoms with Crippen LogP contribution in [0.5, 0.6) is 0 Å². The highest BCUT2D eigenvalue weighted by molar-refractivity contribution is 7.17. The lowest BCUT2D eigenvalue weighted by Crippen LogP contribution is -2.44. The number of anilines is 3. The lowest BCUT2D eigenvalue weighted by atomic mass is 10.2. The molecule has 3 heterocycles. The van der Waals surface area contributed by atoms with Gasteiger partial charge in [0, 0.05) is 43.8 Å². The lowest BCUT2D eigenvalue weighted by Gasteiger charge is -2.34. The first-order chi connectivity index (χ1) is 13.6. The van der Waals surface area contributed by atoms with Crippen LogP contribution in [0.1, 0.15) is 9.67 Å². The third-order valence-electron chi connectivity index (χ3n) is 4.73. The van der Waals surface area contributed by atoms with Gasteiger partial charge < -0.3 is 20.9 Å². The van der Waals surface area contributed by atoms with Crippen LogP contribution in [0.4, 0.5) is 17.3 Å². The minimum absolute atomic E-state index is 0.427. The monoisotopic (exact) mass is 394 g/mol. The van der Waals surface area contributed by atoms with Crippen molar-refractivity contribution in [2.75, 3.05) is 43.4 Å². The summed E-state index contributed by atoms with van der Waals surface area (Å²) in [6.07, 6.45) is 1.71. The van der Waals surface area contributed by atoms with Crippen LogP contribution in [0, 0.1) is 0 Å². The number of benzene rings is 1. The summed E-state index contributed by atoms with van der Waals surface area (Å²) in [6.45, 7) is 4.17. The number of hydrogen-bond donors (Lipinski definition) is 2. The highest BCUT2D eigenvalue weighted by Crippen LogP contribution is 2.28. The van der Waals surface area contributed by atoms with Crippen LogP contribution in [0.15, 0.2) is 48.7 Å². The largest absolute Gasteiger partial charge is 0.369 e. The van der Waals surface area contributed by atoms with Crippen molar-refractivity contribution < 1.29 is 4.79 Å². The molecule has 4 rings (SSSR count). The van der Waals surface area contributed by atoms with Gasteiger partial charge in [-0.15, -0.1) is 11.3 Å². The summed E-state index contributed by atoms with van der Waals surface area (Å²) in [4.78, 5) is 26.3. The number of primary amides is 1. The van der Waals surface area contributed by atoms with E-state index in [4.69, 9.17) is 5.73 Å². The molecule has 28 heavy (non-hydrogen) atoms. The predicted molar refractivity (Wildman–Crippen MR) is 113 cm³/mol. The summed E-state index contributed by atoms with van der Waals surface area (Å²) in [5, 5.41) is 3.29. The van der Waals surface area contributed by atoms with Crippen LogP contribution >= 0.6 is 11.3 Å². The first-order valence-electron chi connectivity index (χ1n) is 9.12. The van der Waals surface area contributed by atoms with E-state index in [1.807, 2.05) is 24.3 Å². The van der Waals surface area contributed by atoms with Gasteiger partial charge in [0.15, 0.2) is 0 Å². The van der Waals surface area contributed by atoms with Gasteiger partial charge in [0.1, 0.15) is 0 Å². The average molecular weight is 395 g/mol. The van der Waals surface area contributed by atoms with E-state index in [-0.39, 0.29) is 0 Å². The predicted octanol–water partition coefficient (Wildman–Crippen LogP) is 2.80. The summed E-state index contributed by atoms with van der Waals surface area (Å²) >= 11 is 1.33. The zero-order valence-corrected chi connectivity index (χ0v) is 16.4. The lowest BCUT2D eigenvalue weighted by molar-refractivity contribution is 0.100. The number of nitrogens with two attached hydrogens (primary N) is 1. The van der Waals surface area contributed by atoms with Crippen molar-refractivity contribution in [1.29, 1.82) is 0 Å². The first kappa shape index (κ1) is 18.4. The van der Waals surface area contributed by atoms with Crippen molar-refractivity contribution >= 4 is 34.6 Å². The summed E-state index contributed by atoms with van der Waals surface area (Å²) < 4.78 is 0. The summed E-state index contributed by atoms with van der Waals surface area (Å²) in [7, 11) is 2.15. The van der Waals surface area contributed by atoms with Gasteiger partial charge in [0.05, 0.1) is 15.4 Å². The molecule has 7 nitrogen and oxygen atoms in total. The van der Waals surface area contributed by atoms with Crippen LogP contribution in [-0.2, 0) is 0 Å². The van der Waals surface area contributed by atoms with Crippen LogP contribution in [0.3, 0.4) is 0 Å². The number of carbonyl (C=O) groups excluding carboxylic acids is 1. The Morgan fingerprint density at radius 3 is 2.71 bits per heavy atom. The Kier molecular flexibility index (Phi) is 5.23. The van der Waals surface area contributed by atoms with Crippen molar-refractivity contribution in [3.05, 3.63) is 53.5 Å². The molecule has 3 N–H and O–H groups in total. The molecule has 0 bridgehead atoms. The van der Waals surface area contributed by atoms with E-state index >= 15 is 0 Å². The zero-order valence-electron chi connectivity index (χ0n) is 15.6. The highest BCUT2D eigenvalue weighted by atomic mass is 32.1. The van der Waals surface area contributed by atoms with Gasteiger partial charge in [-0.3, -0.25) is 4.79 Å². The smallest absolute Gasteiger partial charge is 0.258 e. The molecular weight excluding hydrogens is 372 g/mol. The number of amides is 1. The number of aromatic nitrogens is 2. The zero-order chi connectivity index (χ0) is 19.5. The molecule has 0 atom stereocenters. The average Bonchev–Trinajstić information content (AvgIpc) is 3.20. The van der Waals surface area contributed by atoms with E-state index in [2.05, 4.69) is 44.3 Å².